The number of nitrogens with one attached hydrogen (secondary N) is 1. The molecule has 0 aromatic rings. The number of hydrazine groups is 1. The molecule has 0 aromatic carbocycles. The summed E-state index contributed by atoms with van der Waals surface area (Å²) in [6, 6.07) is 1.93. The average molecular weight is 265 g/mol. The second kappa shape index (κ2) is 5.67. The molecule has 19 heavy (non-hydrogen) atoms. The number of likely N-dealkylation sites (tertiary alicyclic amines) is 1. The zero-order valence-corrected chi connectivity index (χ0v) is 12.0. The van der Waals surface area contributed by atoms with Crippen molar-refractivity contribution in [2.75, 3.05) is 20.1 Å². The maximum Gasteiger partial charge on any atom is 0.208 e. The first-order valence-electron chi connectivity index (χ1n) is 7.79. The lowest BCUT2D eigenvalue weighted by molar-refractivity contribution is 0.244. The van der Waals surface area contributed by atoms with Crippen LogP contribution in [-0.4, -0.2) is 54.0 Å². The van der Waals surface area contributed by atoms with Crippen LogP contribution in [0.5, 0.6) is 0 Å². The molecule has 2 aliphatic heterocycles. The summed E-state index contributed by atoms with van der Waals surface area (Å²) in [4.78, 5) is 9.79. The lowest BCUT2D eigenvalue weighted by atomic mass is 10.1. The highest BCUT2D eigenvalue weighted by atomic mass is 15.4. The lowest BCUT2D eigenvalue weighted by Gasteiger charge is -2.28. The summed E-state index contributed by atoms with van der Waals surface area (Å²) in [5.74, 6) is 6.65. The fourth-order valence-corrected chi connectivity index (χ4v) is 3.92. The Balaban J connectivity index is 1.69. The molecule has 2 unspecified atom stereocenters. The Hall–Kier alpha value is -0.810. The second-order valence-electron chi connectivity index (χ2n) is 6.32. The molecule has 3 N–H and O–H groups in total. The second-order valence-corrected chi connectivity index (χ2v) is 6.32. The molecule has 0 amide bonds. The van der Waals surface area contributed by atoms with E-state index in [1.54, 1.807) is 0 Å². The van der Waals surface area contributed by atoms with Crippen LogP contribution >= 0.6 is 0 Å². The van der Waals surface area contributed by atoms with Gasteiger partial charge in [-0.3, -0.25) is 10.3 Å². The van der Waals surface area contributed by atoms with Crippen molar-refractivity contribution < 1.29 is 0 Å². The SMILES string of the molecule is CN1C2CCC1CN(C(=NC1CCCC1)NN)CC2. The van der Waals surface area contributed by atoms with E-state index >= 15 is 0 Å². The molecule has 1 saturated carbocycles. The maximum absolute atomic E-state index is 5.73. The van der Waals surface area contributed by atoms with Crippen LogP contribution in [0.3, 0.4) is 0 Å². The summed E-state index contributed by atoms with van der Waals surface area (Å²) in [6.07, 6.45) is 9.01. The fraction of sp³-hybridized carbons (Fsp3) is 0.929. The molecule has 2 heterocycles. The molecule has 0 spiro atoms. The van der Waals surface area contributed by atoms with Crippen molar-refractivity contribution in [2.45, 2.75) is 63.1 Å². The van der Waals surface area contributed by atoms with Gasteiger partial charge in [0.05, 0.1) is 6.04 Å². The summed E-state index contributed by atoms with van der Waals surface area (Å²) < 4.78 is 0. The van der Waals surface area contributed by atoms with Crippen molar-refractivity contribution in [1.82, 2.24) is 15.2 Å². The molecular formula is C14H27N5. The monoisotopic (exact) mass is 265 g/mol. The van der Waals surface area contributed by atoms with Crippen LogP contribution in [0, 0.1) is 0 Å². The highest BCUT2D eigenvalue weighted by molar-refractivity contribution is 5.79. The van der Waals surface area contributed by atoms with Gasteiger partial charge in [-0.05, 0) is 39.2 Å². The van der Waals surface area contributed by atoms with Crippen molar-refractivity contribution in [3.8, 4) is 0 Å². The van der Waals surface area contributed by atoms with Crippen LogP contribution in [0.2, 0.25) is 0 Å². The van der Waals surface area contributed by atoms with Gasteiger partial charge >= 0.3 is 0 Å². The van der Waals surface area contributed by atoms with E-state index in [9.17, 15) is 0 Å². The first-order chi connectivity index (χ1) is 9.28. The van der Waals surface area contributed by atoms with E-state index in [2.05, 4.69) is 22.3 Å². The smallest absolute Gasteiger partial charge is 0.208 e. The van der Waals surface area contributed by atoms with Crippen molar-refractivity contribution in [1.29, 1.82) is 0 Å². The Morgan fingerprint density at radius 3 is 2.58 bits per heavy atom. The number of aliphatic imine (C=N–C) groups is 1. The van der Waals surface area contributed by atoms with Crippen LogP contribution < -0.4 is 11.3 Å². The molecule has 3 aliphatic rings. The van der Waals surface area contributed by atoms with Gasteiger partial charge < -0.3 is 4.90 Å². The minimum Gasteiger partial charge on any atom is -0.340 e. The standard InChI is InChI=1S/C14H27N5/c1-18-12-6-7-13(18)10-19(9-8-12)14(17-15)16-11-4-2-3-5-11/h11-13H,2-10,15H2,1H3,(H,16,17). The van der Waals surface area contributed by atoms with E-state index in [0.717, 1.165) is 25.1 Å². The third-order valence-electron chi connectivity index (χ3n) is 5.21. The maximum atomic E-state index is 5.73. The molecule has 2 saturated heterocycles. The number of nitrogens with two attached hydrogens (primary N) is 1. The molecular weight excluding hydrogens is 238 g/mol. The van der Waals surface area contributed by atoms with Crippen molar-refractivity contribution >= 4 is 5.96 Å². The highest BCUT2D eigenvalue weighted by Crippen LogP contribution is 2.28. The summed E-state index contributed by atoms with van der Waals surface area (Å²) in [7, 11) is 2.27. The minimum atomic E-state index is 0.490. The Bertz CT molecular complexity index is 337. The fourth-order valence-electron chi connectivity index (χ4n) is 3.92. The lowest BCUT2D eigenvalue weighted by Crippen LogP contribution is -2.48. The van der Waals surface area contributed by atoms with Crippen LogP contribution in [0.15, 0.2) is 4.99 Å². The Kier molecular flexibility index (Phi) is 3.93. The highest BCUT2D eigenvalue weighted by Gasteiger charge is 2.35. The third-order valence-corrected chi connectivity index (χ3v) is 5.21. The Morgan fingerprint density at radius 1 is 1.11 bits per heavy atom. The zero-order valence-electron chi connectivity index (χ0n) is 12.0. The van der Waals surface area contributed by atoms with Gasteiger partial charge in [-0.15, -0.1) is 0 Å². The molecule has 3 rings (SSSR count). The molecule has 3 fully saturated rings. The van der Waals surface area contributed by atoms with Gasteiger partial charge in [0.2, 0.25) is 5.96 Å². The van der Waals surface area contributed by atoms with Gasteiger partial charge in [0.1, 0.15) is 0 Å². The number of fused-ring (bicyclic) bond motifs is 2. The normalized spacial score (nSPS) is 33.8. The molecule has 2 atom stereocenters. The molecule has 0 radical (unpaired) electrons. The van der Waals surface area contributed by atoms with Gasteiger partial charge in [-0.2, -0.15) is 0 Å². The minimum absolute atomic E-state index is 0.490. The van der Waals surface area contributed by atoms with E-state index in [1.165, 1.54) is 44.9 Å². The Morgan fingerprint density at radius 2 is 1.84 bits per heavy atom. The number of rotatable bonds is 1. The summed E-state index contributed by atoms with van der Waals surface area (Å²) in [5, 5.41) is 0. The largest absolute Gasteiger partial charge is 0.340 e. The van der Waals surface area contributed by atoms with E-state index in [0.29, 0.717) is 12.1 Å². The summed E-state index contributed by atoms with van der Waals surface area (Å²) >= 11 is 0. The predicted octanol–water partition coefficient (Wildman–Crippen LogP) is 0.917. The van der Waals surface area contributed by atoms with E-state index in [-0.39, 0.29) is 0 Å². The zero-order chi connectivity index (χ0) is 13.2. The van der Waals surface area contributed by atoms with Crippen molar-refractivity contribution in [3.63, 3.8) is 0 Å². The molecule has 5 heteroatoms. The first kappa shape index (κ1) is 13.2. The van der Waals surface area contributed by atoms with Gasteiger partial charge in [-0.1, -0.05) is 12.8 Å². The molecule has 2 bridgehead atoms. The topological polar surface area (TPSA) is 56.9 Å². The van der Waals surface area contributed by atoms with Crippen LogP contribution in [0.1, 0.15) is 44.9 Å². The van der Waals surface area contributed by atoms with Gasteiger partial charge in [0, 0.05) is 25.2 Å². The number of hydrogen-bond acceptors (Lipinski definition) is 3. The third kappa shape index (κ3) is 2.72. The average Bonchev–Trinajstić information content (AvgIpc) is 2.97. The van der Waals surface area contributed by atoms with Gasteiger partial charge in [-0.25, -0.2) is 10.8 Å². The van der Waals surface area contributed by atoms with E-state index in [1.807, 2.05) is 0 Å². The van der Waals surface area contributed by atoms with E-state index < -0.39 is 0 Å². The first-order valence-corrected chi connectivity index (χ1v) is 7.79. The molecule has 1 aliphatic carbocycles. The van der Waals surface area contributed by atoms with Crippen LogP contribution in [0.4, 0.5) is 0 Å². The molecule has 0 aromatic heterocycles. The number of nitrogens with zero attached hydrogens (tertiary/aromatic N) is 3. The summed E-state index contributed by atoms with van der Waals surface area (Å²) in [6.45, 7) is 2.16. The Labute approximate surface area is 116 Å². The van der Waals surface area contributed by atoms with Crippen molar-refractivity contribution in [2.24, 2.45) is 10.8 Å². The quantitative estimate of drug-likeness (QED) is 0.320. The number of guanidine groups is 1. The van der Waals surface area contributed by atoms with Gasteiger partial charge in [0.15, 0.2) is 0 Å². The summed E-state index contributed by atoms with van der Waals surface area (Å²) in [5.41, 5.74) is 2.86. The van der Waals surface area contributed by atoms with E-state index in [4.69, 9.17) is 10.8 Å². The predicted molar refractivity (Wildman–Crippen MR) is 77.8 cm³/mol. The molecule has 5 nitrogen and oxygen atoms in total. The number of likely N-dealkylation sites (N-methyl/N-ethyl adjacent to an activating group) is 1. The molecule has 108 valence electrons. The number of hydrogen-bond donors (Lipinski definition) is 2. The van der Waals surface area contributed by atoms with Crippen LogP contribution in [0.25, 0.3) is 0 Å². The van der Waals surface area contributed by atoms with Crippen LogP contribution in [-0.2, 0) is 0 Å². The van der Waals surface area contributed by atoms with Gasteiger partial charge in [0.25, 0.3) is 0 Å². The van der Waals surface area contributed by atoms with Crippen molar-refractivity contribution in [3.05, 3.63) is 0 Å².